The van der Waals surface area contributed by atoms with Gasteiger partial charge in [0, 0.05) is 19.1 Å². The first kappa shape index (κ1) is 11.2. The molecule has 0 saturated carbocycles. The molecule has 17 heavy (non-hydrogen) atoms. The molecule has 2 saturated heterocycles. The number of likely N-dealkylation sites (tertiary alicyclic amines) is 1. The average molecular weight is 230 g/mol. The standard InChI is InChI=1S/C15H22N2/c1-2-15(12-6-4-3-5-7-12)17-10-13-8-16-9-14(13)11-17/h3-7,13-16H,2,8-11H2,1H3. The van der Waals surface area contributed by atoms with Crippen molar-refractivity contribution in [3.63, 3.8) is 0 Å². The average Bonchev–Trinajstić information content (AvgIpc) is 2.92. The van der Waals surface area contributed by atoms with Crippen LogP contribution in [0.5, 0.6) is 0 Å². The third-order valence-electron chi connectivity index (χ3n) is 4.43. The van der Waals surface area contributed by atoms with Crippen molar-refractivity contribution < 1.29 is 0 Å². The summed E-state index contributed by atoms with van der Waals surface area (Å²) in [7, 11) is 0. The summed E-state index contributed by atoms with van der Waals surface area (Å²) in [5.41, 5.74) is 1.49. The zero-order chi connectivity index (χ0) is 11.7. The number of hydrogen-bond donors (Lipinski definition) is 1. The van der Waals surface area contributed by atoms with Crippen LogP contribution in [0.1, 0.15) is 24.9 Å². The Morgan fingerprint density at radius 3 is 2.41 bits per heavy atom. The van der Waals surface area contributed by atoms with E-state index in [1.807, 2.05) is 0 Å². The van der Waals surface area contributed by atoms with Crippen LogP contribution in [0.15, 0.2) is 30.3 Å². The molecule has 2 aliphatic heterocycles. The Morgan fingerprint density at radius 2 is 1.82 bits per heavy atom. The second-order valence-electron chi connectivity index (χ2n) is 5.47. The van der Waals surface area contributed by atoms with E-state index >= 15 is 0 Å². The zero-order valence-electron chi connectivity index (χ0n) is 10.6. The van der Waals surface area contributed by atoms with Crippen LogP contribution in [-0.2, 0) is 0 Å². The lowest BCUT2D eigenvalue weighted by Crippen LogP contribution is -2.29. The van der Waals surface area contributed by atoms with Gasteiger partial charge in [-0.2, -0.15) is 0 Å². The predicted octanol–water partition coefficient (Wildman–Crippen LogP) is 2.29. The molecule has 0 aromatic heterocycles. The summed E-state index contributed by atoms with van der Waals surface area (Å²) in [6, 6.07) is 11.6. The fourth-order valence-electron chi connectivity index (χ4n) is 3.53. The summed E-state index contributed by atoms with van der Waals surface area (Å²) < 4.78 is 0. The van der Waals surface area contributed by atoms with E-state index in [1.165, 1.54) is 38.2 Å². The van der Waals surface area contributed by atoms with Crippen LogP contribution in [0.2, 0.25) is 0 Å². The van der Waals surface area contributed by atoms with Crippen molar-refractivity contribution in [2.24, 2.45) is 11.8 Å². The Balaban J connectivity index is 1.74. The zero-order valence-corrected chi connectivity index (χ0v) is 10.6. The van der Waals surface area contributed by atoms with Gasteiger partial charge in [-0.25, -0.2) is 0 Å². The molecular weight excluding hydrogens is 208 g/mol. The Labute approximate surface area is 104 Å². The Hall–Kier alpha value is -0.860. The van der Waals surface area contributed by atoms with Crippen LogP contribution < -0.4 is 5.32 Å². The molecule has 2 nitrogen and oxygen atoms in total. The molecule has 1 N–H and O–H groups in total. The highest BCUT2D eigenvalue weighted by molar-refractivity contribution is 5.19. The predicted molar refractivity (Wildman–Crippen MR) is 70.9 cm³/mol. The number of nitrogens with one attached hydrogen (secondary N) is 1. The first-order valence-corrected chi connectivity index (χ1v) is 6.88. The molecule has 2 fully saturated rings. The van der Waals surface area contributed by atoms with Gasteiger partial charge in [0.2, 0.25) is 0 Å². The Bertz CT molecular complexity index is 350. The maximum Gasteiger partial charge on any atom is 0.0345 e. The molecule has 0 radical (unpaired) electrons. The van der Waals surface area contributed by atoms with E-state index in [9.17, 15) is 0 Å². The van der Waals surface area contributed by atoms with E-state index in [0.29, 0.717) is 6.04 Å². The van der Waals surface area contributed by atoms with Gasteiger partial charge in [-0.3, -0.25) is 4.90 Å². The molecule has 0 spiro atoms. The van der Waals surface area contributed by atoms with Gasteiger partial charge in [0.05, 0.1) is 0 Å². The smallest absolute Gasteiger partial charge is 0.0345 e. The van der Waals surface area contributed by atoms with Gasteiger partial charge in [-0.05, 0) is 36.9 Å². The van der Waals surface area contributed by atoms with E-state index in [-0.39, 0.29) is 0 Å². The molecule has 92 valence electrons. The first-order chi connectivity index (χ1) is 8.38. The lowest BCUT2D eigenvalue weighted by molar-refractivity contribution is 0.222. The minimum Gasteiger partial charge on any atom is -0.316 e. The molecule has 0 amide bonds. The van der Waals surface area contributed by atoms with Crippen molar-refractivity contribution >= 4 is 0 Å². The fourth-order valence-corrected chi connectivity index (χ4v) is 3.53. The molecule has 2 heteroatoms. The Kier molecular flexibility index (Phi) is 3.17. The number of rotatable bonds is 3. The third-order valence-corrected chi connectivity index (χ3v) is 4.43. The Morgan fingerprint density at radius 1 is 1.18 bits per heavy atom. The van der Waals surface area contributed by atoms with Crippen molar-refractivity contribution in [1.82, 2.24) is 10.2 Å². The number of hydrogen-bond acceptors (Lipinski definition) is 2. The summed E-state index contributed by atoms with van der Waals surface area (Å²) >= 11 is 0. The van der Waals surface area contributed by atoms with Crippen LogP contribution in [0, 0.1) is 11.8 Å². The molecule has 3 atom stereocenters. The molecule has 0 bridgehead atoms. The van der Waals surface area contributed by atoms with Crippen LogP contribution >= 0.6 is 0 Å². The van der Waals surface area contributed by atoms with E-state index in [1.54, 1.807) is 0 Å². The molecule has 3 unspecified atom stereocenters. The second kappa shape index (κ2) is 4.79. The monoisotopic (exact) mass is 230 g/mol. The van der Waals surface area contributed by atoms with Crippen LogP contribution in [0.4, 0.5) is 0 Å². The lowest BCUT2D eigenvalue weighted by atomic mass is 10.0. The molecule has 2 aliphatic rings. The van der Waals surface area contributed by atoms with E-state index in [0.717, 1.165) is 11.8 Å². The molecule has 3 rings (SSSR count). The highest BCUT2D eigenvalue weighted by atomic mass is 15.2. The lowest BCUT2D eigenvalue weighted by Gasteiger charge is -2.28. The normalized spacial score (nSPS) is 30.4. The van der Waals surface area contributed by atoms with Gasteiger partial charge >= 0.3 is 0 Å². The van der Waals surface area contributed by atoms with E-state index in [2.05, 4.69) is 47.5 Å². The molecule has 1 aromatic rings. The van der Waals surface area contributed by atoms with Crippen molar-refractivity contribution in [3.8, 4) is 0 Å². The molecule has 1 aromatic carbocycles. The third kappa shape index (κ3) is 2.12. The SMILES string of the molecule is CCC(c1ccccc1)N1CC2CNCC2C1. The summed E-state index contributed by atoms with van der Waals surface area (Å²) in [6.45, 7) is 7.33. The van der Waals surface area contributed by atoms with Crippen molar-refractivity contribution in [2.75, 3.05) is 26.2 Å². The fraction of sp³-hybridized carbons (Fsp3) is 0.600. The minimum atomic E-state index is 0.627. The summed E-state index contributed by atoms with van der Waals surface area (Å²) in [5.74, 6) is 1.79. The summed E-state index contributed by atoms with van der Waals surface area (Å²) in [4.78, 5) is 2.70. The van der Waals surface area contributed by atoms with Crippen molar-refractivity contribution in [2.45, 2.75) is 19.4 Å². The summed E-state index contributed by atoms with van der Waals surface area (Å²) in [6.07, 6.45) is 1.22. The van der Waals surface area contributed by atoms with Gasteiger partial charge in [-0.1, -0.05) is 37.3 Å². The summed E-state index contributed by atoms with van der Waals surface area (Å²) in [5, 5.41) is 3.51. The maximum atomic E-state index is 3.51. The first-order valence-electron chi connectivity index (χ1n) is 6.88. The van der Waals surface area contributed by atoms with Crippen LogP contribution in [0.25, 0.3) is 0 Å². The molecular formula is C15H22N2. The van der Waals surface area contributed by atoms with Gasteiger partial charge in [0.15, 0.2) is 0 Å². The largest absolute Gasteiger partial charge is 0.316 e. The van der Waals surface area contributed by atoms with Crippen LogP contribution in [-0.4, -0.2) is 31.1 Å². The van der Waals surface area contributed by atoms with Gasteiger partial charge in [-0.15, -0.1) is 0 Å². The van der Waals surface area contributed by atoms with Crippen molar-refractivity contribution in [1.29, 1.82) is 0 Å². The van der Waals surface area contributed by atoms with Gasteiger partial charge in [0.25, 0.3) is 0 Å². The minimum absolute atomic E-state index is 0.627. The topological polar surface area (TPSA) is 15.3 Å². The highest BCUT2D eigenvalue weighted by Gasteiger charge is 2.38. The number of fused-ring (bicyclic) bond motifs is 1. The molecule has 0 aliphatic carbocycles. The molecule has 2 heterocycles. The van der Waals surface area contributed by atoms with Gasteiger partial charge in [0.1, 0.15) is 0 Å². The van der Waals surface area contributed by atoms with E-state index < -0.39 is 0 Å². The number of benzene rings is 1. The number of nitrogens with zero attached hydrogens (tertiary/aromatic N) is 1. The maximum absolute atomic E-state index is 3.51. The quantitative estimate of drug-likeness (QED) is 0.857. The second-order valence-corrected chi connectivity index (χ2v) is 5.47. The van der Waals surface area contributed by atoms with E-state index in [4.69, 9.17) is 0 Å². The van der Waals surface area contributed by atoms with Crippen LogP contribution in [0.3, 0.4) is 0 Å². The highest BCUT2D eigenvalue weighted by Crippen LogP contribution is 2.34. The van der Waals surface area contributed by atoms with Gasteiger partial charge < -0.3 is 5.32 Å². The van der Waals surface area contributed by atoms with Crippen molar-refractivity contribution in [3.05, 3.63) is 35.9 Å².